The first-order valence-electron chi connectivity index (χ1n) is 2.47. The van der Waals surface area contributed by atoms with E-state index < -0.39 is 0 Å². The molecule has 48 valence electrons. The highest BCUT2D eigenvalue weighted by molar-refractivity contribution is 9.09. The summed E-state index contributed by atoms with van der Waals surface area (Å²) in [6.45, 7) is 1.94. The molecule has 0 amide bonds. The zero-order valence-corrected chi connectivity index (χ0v) is 7.00. The van der Waals surface area contributed by atoms with Crippen molar-refractivity contribution in [3.8, 4) is 0 Å². The zero-order valence-electron chi connectivity index (χ0n) is 4.66. The van der Waals surface area contributed by atoms with Crippen molar-refractivity contribution in [1.29, 1.82) is 0 Å². The lowest BCUT2D eigenvalue weighted by atomic mass is 10.1. The molecule has 0 N–H and O–H groups in total. The maximum absolute atomic E-state index is 10.3. The third-order valence-corrected chi connectivity index (χ3v) is 2.09. The molecule has 1 unspecified atom stereocenters. The Morgan fingerprint density at radius 3 is 2.38 bits per heavy atom. The molecule has 0 spiro atoms. The predicted octanol–water partition coefficient (Wildman–Crippen LogP) is 2.17. The Bertz CT molecular complexity index is 80.5. The zero-order chi connectivity index (χ0) is 6.57. The van der Waals surface area contributed by atoms with Crippen LogP contribution >= 0.6 is 27.5 Å². The summed E-state index contributed by atoms with van der Waals surface area (Å²) >= 11 is 8.35. The summed E-state index contributed by atoms with van der Waals surface area (Å²) in [5.74, 6) is -0.00309. The van der Waals surface area contributed by atoms with Gasteiger partial charge in [0, 0.05) is 11.2 Å². The van der Waals surface area contributed by atoms with E-state index in [1.807, 2.05) is 6.92 Å². The molecule has 0 saturated carbocycles. The monoisotopic (exact) mass is 198 g/mol. The van der Waals surface area contributed by atoms with E-state index in [0.717, 1.165) is 6.42 Å². The van der Waals surface area contributed by atoms with Gasteiger partial charge in [0.1, 0.15) is 0 Å². The normalized spacial score (nSPS) is 13.4. The standard InChI is InChI=1S/C5H8BrClO/c1-2-4(3-6)5(7)8/h4H,2-3H2,1H3. The fourth-order valence-electron chi connectivity index (χ4n) is 0.330. The van der Waals surface area contributed by atoms with Gasteiger partial charge in [-0.1, -0.05) is 22.9 Å². The third-order valence-electron chi connectivity index (χ3n) is 1.00. The smallest absolute Gasteiger partial charge is 0.225 e. The molecule has 0 radical (unpaired) electrons. The molecular weight excluding hydrogens is 191 g/mol. The van der Waals surface area contributed by atoms with Crippen LogP contribution in [0.15, 0.2) is 0 Å². The minimum Gasteiger partial charge on any atom is -0.281 e. The van der Waals surface area contributed by atoms with Gasteiger partial charge >= 0.3 is 0 Å². The molecule has 0 aliphatic carbocycles. The molecule has 3 heteroatoms. The highest BCUT2D eigenvalue weighted by Crippen LogP contribution is 2.09. The van der Waals surface area contributed by atoms with Gasteiger partial charge in [-0.25, -0.2) is 0 Å². The molecule has 0 saturated heterocycles. The van der Waals surface area contributed by atoms with Crippen LogP contribution < -0.4 is 0 Å². The number of carbonyl (C=O) groups is 1. The molecule has 0 fully saturated rings. The first-order valence-corrected chi connectivity index (χ1v) is 3.97. The Hall–Kier alpha value is 0.440. The van der Waals surface area contributed by atoms with E-state index >= 15 is 0 Å². The Morgan fingerprint density at radius 2 is 2.38 bits per heavy atom. The summed E-state index contributed by atoms with van der Waals surface area (Å²) in [4.78, 5) is 10.3. The van der Waals surface area contributed by atoms with E-state index in [0.29, 0.717) is 5.33 Å². The van der Waals surface area contributed by atoms with Crippen LogP contribution in [0.2, 0.25) is 0 Å². The molecular formula is C5H8BrClO. The number of hydrogen-bond acceptors (Lipinski definition) is 1. The molecule has 1 nitrogen and oxygen atoms in total. The molecule has 0 bridgehead atoms. The van der Waals surface area contributed by atoms with Crippen LogP contribution in [0.5, 0.6) is 0 Å². The van der Waals surface area contributed by atoms with Crippen molar-refractivity contribution in [2.24, 2.45) is 5.92 Å². The van der Waals surface area contributed by atoms with Crippen molar-refractivity contribution in [3.63, 3.8) is 0 Å². The maximum Gasteiger partial charge on any atom is 0.225 e. The van der Waals surface area contributed by atoms with Gasteiger partial charge in [0.05, 0.1) is 0 Å². The summed E-state index contributed by atoms with van der Waals surface area (Å²) in [5, 5.41) is 0.427. The molecule has 0 heterocycles. The van der Waals surface area contributed by atoms with Crippen LogP contribution in [-0.2, 0) is 4.79 Å². The lowest BCUT2D eigenvalue weighted by molar-refractivity contribution is -0.114. The Morgan fingerprint density at radius 1 is 1.88 bits per heavy atom. The molecule has 0 aromatic carbocycles. The molecule has 0 aromatic heterocycles. The topological polar surface area (TPSA) is 17.1 Å². The van der Waals surface area contributed by atoms with E-state index in [-0.39, 0.29) is 11.2 Å². The Labute approximate surface area is 62.5 Å². The van der Waals surface area contributed by atoms with E-state index in [9.17, 15) is 4.79 Å². The molecule has 8 heavy (non-hydrogen) atoms. The first kappa shape index (κ1) is 8.44. The second-order valence-electron chi connectivity index (χ2n) is 1.56. The number of halogens is 2. The molecule has 0 aliphatic heterocycles. The summed E-state index contributed by atoms with van der Waals surface area (Å²) < 4.78 is 0. The summed E-state index contributed by atoms with van der Waals surface area (Å²) in [6, 6.07) is 0. The van der Waals surface area contributed by atoms with E-state index in [1.54, 1.807) is 0 Å². The second-order valence-corrected chi connectivity index (χ2v) is 2.58. The summed E-state index contributed by atoms with van der Waals surface area (Å²) in [7, 11) is 0. The van der Waals surface area contributed by atoms with Crippen LogP contribution in [0.3, 0.4) is 0 Å². The van der Waals surface area contributed by atoms with E-state index in [4.69, 9.17) is 11.6 Å². The van der Waals surface area contributed by atoms with Gasteiger partial charge in [-0.2, -0.15) is 0 Å². The van der Waals surface area contributed by atoms with Crippen molar-refractivity contribution in [3.05, 3.63) is 0 Å². The highest BCUT2D eigenvalue weighted by Gasteiger charge is 2.10. The third kappa shape index (κ3) is 2.68. The van der Waals surface area contributed by atoms with Gasteiger partial charge < -0.3 is 0 Å². The highest BCUT2D eigenvalue weighted by atomic mass is 79.9. The van der Waals surface area contributed by atoms with Gasteiger partial charge in [0.25, 0.3) is 0 Å². The van der Waals surface area contributed by atoms with E-state index in [1.165, 1.54) is 0 Å². The molecule has 0 aromatic rings. The molecule has 0 aliphatic rings. The SMILES string of the molecule is CCC(CBr)C(=O)Cl. The number of hydrogen-bond donors (Lipinski definition) is 0. The van der Waals surface area contributed by atoms with Gasteiger partial charge in [0.15, 0.2) is 0 Å². The number of alkyl halides is 1. The van der Waals surface area contributed by atoms with Crippen molar-refractivity contribution in [2.75, 3.05) is 5.33 Å². The molecule has 1 atom stereocenters. The fraction of sp³-hybridized carbons (Fsp3) is 0.800. The first-order chi connectivity index (χ1) is 3.72. The molecule has 0 rings (SSSR count). The Balaban J connectivity index is 3.52. The largest absolute Gasteiger partial charge is 0.281 e. The van der Waals surface area contributed by atoms with Crippen LogP contribution in [0.4, 0.5) is 0 Å². The second kappa shape index (κ2) is 4.33. The predicted molar refractivity (Wildman–Crippen MR) is 38.4 cm³/mol. The van der Waals surface area contributed by atoms with Crippen molar-refractivity contribution in [1.82, 2.24) is 0 Å². The lowest BCUT2D eigenvalue weighted by Gasteiger charge is -2.01. The van der Waals surface area contributed by atoms with Gasteiger partial charge in [-0.3, -0.25) is 4.79 Å². The fourth-order valence-corrected chi connectivity index (χ4v) is 1.50. The number of rotatable bonds is 3. The van der Waals surface area contributed by atoms with Gasteiger partial charge in [0.2, 0.25) is 5.24 Å². The average molecular weight is 199 g/mol. The quantitative estimate of drug-likeness (QED) is 0.503. The van der Waals surface area contributed by atoms with Crippen LogP contribution in [0.1, 0.15) is 13.3 Å². The van der Waals surface area contributed by atoms with Crippen LogP contribution in [0.25, 0.3) is 0 Å². The van der Waals surface area contributed by atoms with E-state index in [2.05, 4.69) is 15.9 Å². The van der Waals surface area contributed by atoms with Gasteiger partial charge in [-0.05, 0) is 18.0 Å². The van der Waals surface area contributed by atoms with Crippen molar-refractivity contribution in [2.45, 2.75) is 13.3 Å². The Kier molecular flexibility index (Phi) is 4.57. The van der Waals surface area contributed by atoms with Crippen molar-refractivity contribution >= 4 is 32.8 Å². The van der Waals surface area contributed by atoms with Crippen molar-refractivity contribution < 1.29 is 4.79 Å². The summed E-state index contributed by atoms with van der Waals surface area (Å²) in [5.41, 5.74) is 0. The van der Waals surface area contributed by atoms with Gasteiger partial charge in [-0.15, -0.1) is 0 Å². The minimum atomic E-state index is -0.246. The lowest BCUT2D eigenvalue weighted by Crippen LogP contribution is -2.07. The maximum atomic E-state index is 10.3. The number of carbonyl (C=O) groups excluding carboxylic acids is 1. The van der Waals surface area contributed by atoms with Crippen LogP contribution in [0, 0.1) is 5.92 Å². The average Bonchev–Trinajstić information content (AvgIpc) is 1.69. The summed E-state index contributed by atoms with van der Waals surface area (Å²) in [6.07, 6.45) is 0.813. The van der Waals surface area contributed by atoms with Crippen LogP contribution in [-0.4, -0.2) is 10.6 Å². The minimum absolute atomic E-state index is 0.00309.